The summed E-state index contributed by atoms with van der Waals surface area (Å²) < 4.78 is 40.1. The van der Waals surface area contributed by atoms with Crippen molar-refractivity contribution >= 4 is 46.4 Å². The smallest absolute Gasteiger partial charge is 0.309 e. The van der Waals surface area contributed by atoms with Crippen molar-refractivity contribution in [2.75, 3.05) is 11.1 Å². The van der Waals surface area contributed by atoms with Gasteiger partial charge in [-0.2, -0.15) is 13.2 Å². The summed E-state index contributed by atoms with van der Waals surface area (Å²) in [6, 6.07) is 4.95. The fourth-order valence-corrected chi connectivity index (χ4v) is 4.32. The molecule has 0 bridgehead atoms. The standard InChI is InChI=1S/C17H13ClF3N5OS2/c18-11-6-9(17(19,20)21)7-22-14(11)23-13(27)8-29-16-25-24-15(12-2-1-5-28-12)26(16)10-3-4-10/h1-2,5-7,10H,3-4,8H2,(H,22,23,27). The van der Waals surface area contributed by atoms with E-state index in [0.717, 1.165) is 29.6 Å². The van der Waals surface area contributed by atoms with E-state index >= 15 is 0 Å². The van der Waals surface area contributed by atoms with E-state index in [1.165, 1.54) is 11.8 Å². The number of halogens is 4. The molecule has 4 rings (SSSR count). The Morgan fingerprint density at radius 1 is 1.38 bits per heavy atom. The Labute approximate surface area is 176 Å². The van der Waals surface area contributed by atoms with Gasteiger partial charge in [0.1, 0.15) is 0 Å². The number of aromatic nitrogens is 4. The van der Waals surface area contributed by atoms with Crippen LogP contribution in [-0.4, -0.2) is 31.4 Å². The molecule has 0 radical (unpaired) electrons. The van der Waals surface area contributed by atoms with Gasteiger partial charge in [0.15, 0.2) is 16.8 Å². The van der Waals surface area contributed by atoms with Crippen molar-refractivity contribution in [3.8, 4) is 10.7 Å². The van der Waals surface area contributed by atoms with E-state index in [0.29, 0.717) is 17.4 Å². The number of thioether (sulfide) groups is 1. The second kappa shape index (κ2) is 7.96. The zero-order valence-corrected chi connectivity index (χ0v) is 17.0. The van der Waals surface area contributed by atoms with Gasteiger partial charge >= 0.3 is 6.18 Å². The average molecular weight is 460 g/mol. The molecule has 1 saturated carbocycles. The number of anilines is 1. The molecular formula is C17H13ClF3N5OS2. The summed E-state index contributed by atoms with van der Waals surface area (Å²) in [6.07, 6.45) is -1.86. The molecule has 29 heavy (non-hydrogen) atoms. The van der Waals surface area contributed by atoms with Crippen LogP contribution >= 0.6 is 34.7 Å². The molecule has 152 valence electrons. The molecule has 1 aliphatic rings. The Morgan fingerprint density at radius 3 is 2.79 bits per heavy atom. The van der Waals surface area contributed by atoms with Crippen molar-refractivity contribution in [2.24, 2.45) is 0 Å². The first-order chi connectivity index (χ1) is 13.8. The van der Waals surface area contributed by atoms with E-state index in [2.05, 4.69) is 20.5 Å². The molecule has 1 amide bonds. The first-order valence-corrected chi connectivity index (χ1v) is 10.7. The van der Waals surface area contributed by atoms with Crippen LogP contribution in [0.15, 0.2) is 34.9 Å². The molecule has 1 fully saturated rings. The average Bonchev–Trinajstić information content (AvgIpc) is 3.18. The van der Waals surface area contributed by atoms with Crippen molar-refractivity contribution < 1.29 is 18.0 Å². The summed E-state index contributed by atoms with van der Waals surface area (Å²) in [7, 11) is 0. The van der Waals surface area contributed by atoms with Crippen LogP contribution in [-0.2, 0) is 11.0 Å². The number of nitrogens with one attached hydrogen (secondary N) is 1. The maximum absolute atomic E-state index is 12.7. The van der Waals surface area contributed by atoms with E-state index in [9.17, 15) is 18.0 Å². The van der Waals surface area contributed by atoms with Crippen molar-refractivity contribution in [2.45, 2.75) is 30.2 Å². The Morgan fingerprint density at radius 2 is 2.17 bits per heavy atom. The monoisotopic (exact) mass is 459 g/mol. The van der Waals surface area contributed by atoms with Gasteiger partial charge in [0.2, 0.25) is 5.91 Å². The van der Waals surface area contributed by atoms with Crippen LogP contribution in [0.4, 0.5) is 19.0 Å². The lowest BCUT2D eigenvalue weighted by atomic mass is 10.3. The number of thiophene rings is 1. The Balaban J connectivity index is 1.43. The van der Waals surface area contributed by atoms with Gasteiger partial charge in [-0.15, -0.1) is 21.5 Å². The largest absolute Gasteiger partial charge is 0.417 e. The molecular weight excluding hydrogens is 447 g/mol. The number of hydrogen-bond donors (Lipinski definition) is 1. The van der Waals surface area contributed by atoms with Gasteiger partial charge in [-0.1, -0.05) is 29.4 Å². The van der Waals surface area contributed by atoms with Gasteiger partial charge in [0.25, 0.3) is 0 Å². The maximum Gasteiger partial charge on any atom is 0.417 e. The highest BCUT2D eigenvalue weighted by Crippen LogP contribution is 2.41. The fraction of sp³-hybridized carbons (Fsp3) is 0.294. The molecule has 3 heterocycles. The Hall–Kier alpha value is -2.11. The molecule has 1 N–H and O–H groups in total. The third-order valence-electron chi connectivity index (χ3n) is 4.08. The molecule has 0 atom stereocenters. The summed E-state index contributed by atoms with van der Waals surface area (Å²) in [5, 5.41) is 13.2. The van der Waals surface area contributed by atoms with E-state index in [-0.39, 0.29) is 16.6 Å². The quantitative estimate of drug-likeness (QED) is 0.517. The number of carbonyl (C=O) groups excluding carboxylic acids is 1. The molecule has 0 spiro atoms. The highest BCUT2D eigenvalue weighted by Gasteiger charge is 2.32. The number of nitrogens with zero attached hydrogens (tertiary/aromatic N) is 4. The van der Waals surface area contributed by atoms with Gasteiger partial charge in [-0.3, -0.25) is 9.36 Å². The number of carbonyl (C=O) groups is 1. The van der Waals surface area contributed by atoms with E-state index in [4.69, 9.17) is 11.6 Å². The molecule has 3 aromatic rings. The van der Waals surface area contributed by atoms with Crippen LogP contribution in [0.1, 0.15) is 24.4 Å². The molecule has 0 aliphatic heterocycles. The zero-order valence-electron chi connectivity index (χ0n) is 14.6. The highest BCUT2D eigenvalue weighted by atomic mass is 35.5. The fourth-order valence-electron chi connectivity index (χ4n) is 2.59. The number of amides is 1. The van der Waals surface area contributed by atoms with Crippen LogP contribution in [0.3, 0.4) is 0 Å². The van der Waals surface area contributed by atoms with Crippen LogP contribution in [0.5, 0.6) is 0 Å². The molecule has 0 saturated heterocycles. The van der Waals surface area contributed by atoms with E-state index in [1.54, 1.807) is 11.3 Å². The molecule has 1 aliphatic carbocycles. The third-order valence-corrected chi connectivity index (χ3v) is 6.17. The predicted octanol–water partition coefficient (Wildman–Crippen LogP) is 5.14. The minimum absolute atomic E-state index is 0.00563. The van der Waals surface area contributed by atoms with E-state index in [1.807, 2.05) is 22.1 Å². The third kappa shape index (κ3) is 4.57. The van der Waals surface area contributed by atoms with Gasteiger partial charge in [-0.25, -0.2) is 4.98 Å². The summed E-state index contributed by atoms with van der Waals surface area (Å²) in [5.41, 5.74) is -0.978. The zero-order chi connectivity index (χ0) is 20.6. The van der Waals surface area contributed by atoms with E-state index < -0.39 is 17.6 Å². The molecule has 12 heteroatoms. The summed E-state index contributed by atoms with van der Waals surface area (Å²) in [4.78, 5) is 16.9. The van der Waals surface area contributed by atoms with Gasteiger partial charge in [-0.05, 0) is 30.4 Å². The van der Waals surface area contributed by atoms with Gasteiger partial charge in [0, 0.05) is 12.2 Å². The first-order valence-electron chi connectivity index (χ1n) is 8.47. The van der Waals surface area contributed by atoms with Crippen LogP contribution in [0.2, 0.25) is 5.02 Å². The number of pyridine rings is 1. The highest BCUT2D eigenvalue weighted by molar-refractivity contribution is 7.99. The number of alkyl halides is 3. The molecule has 0 aromatic carbocycles. The van der Waals surface area contributed by atoms with Crippen LogP contribution < -0.4 is 5.32 Å². The van der Waals surface area contributed by atoms with Crippen molar-refractivity contribution in [3.63, 3.8) is 0 Å². The van der Waals surface area contributed by atoms with Crippen molar-refractivity contribution in [1.29, 1.82) is 0 Å². The lowest BCUT2D eigenvalue weighted by Gasteiger charge is -2.10. The lowest BCUT2D eigenvalue weighted by Crippen LogP contribution is -2.16. The van der Waals surface area contributed by atoms with Crippen molar-refractivity contribution in [1.82, 2.24) is 19.7 Å². The van der Waals surface area contributed by atoms with Gasteiger partial charge < -0.3 is 5.32 Å². The number of hydrogen-bond acceptors (Lipinski definition) is 6. The SMILES string of the molecule is O=C(CSc1nnc(-c2cccs2)n1C1CC1)Nc1ncc(C(F)(F)F)cc1Cl. The first kappa shape index (κ1) is 20.2. The molecule has 0 unspecified atom stereocenters. The minimum Gasteiger partial charge on any atom is -0.309 e. The molecule has 6 nitrogen and oxygen atoms in total. The topological polar surface area (TPSA) is 72.7 Å². The molecule has 3 aromatic heterocycles. The number of rotatable bonds is 6. The summed E-state index contributed by atoms with van der Waals surface area (Å²) in [5.74, 6) is 0.201. The second-order valence-corrected chi connectivity index (χ2v) is 8.57. The Bertz CT molecular complexity index is 1030. The Kier molecular flexibility index (Phi) is 5.54. The lowest BCUT2D eigenvalue weighted by molar-refractivity contribution is -0.137. The van der Waals surface area contributed by atoms with Crippen LogP contribution in [0, 0.1) is 0 Å². The minimum atomic E-state index is -4.55. The summed E-state index contributed by atoms with van der Waals surface area (Å²) >= 11 is 8.59. The second-order valence-electron chi connectivity index (χ2n) is 6.27. The summed E-state index contributed by atoms with van der Waals surface area (Å²) in [6.45, 7) is 0. The van der Waals surface area contributed by atoms with Gasteiger partial charge in [0.05, 0.1) is 21.2 Å². The maximum atomic E-state index is 12.7. The van der Waals surface area contributed by atoms with Crippen LogP contribution in [0.25, 0.3) is 10.7 Å². The normalized spacial score (nSPS) is 14.2. The van der Waals surface area contributed by atoms with Crippen molar-refractivity contribution in [3.05, 3.63) is 40.4 Å². The predicted molar refractivity (Wildman–Crippen MR) is 105 cm³/mol.